The van der Waals surface area contributed by atoms with Crippen molar-refractivity contribution in [3.05, 3.63) is 59.7 Å². The molecule has 1 fully saturated rings. The number of hydrogen-bond acceptors (Lipinski definition) is 3. The molecule has 0 radical (unpaired) electrons. The van der Waals surface area contributed by atoms with E-state index in [0.29, 0.717) is 19.0 Å². The third-order valence-corrected chi connectivity index (χ3v) is 4.88. The monoisotopic (exact) mass is 516 g/mol. The maximum Gasteiger partial charge on any atom is 0.191 e. The number of anilines is 1. The van der Waals surface area contributed by atoms with Crippen LogP contribution in [0.1, 0.15) is 18.4 Å². The molecule has 1 heterocycles. The first-order chi connectivity index (χ1) is 13.6. The quantitative estimate of drug-likeness (QED) is 0.238. The molecule has 0 saturated carbocycles. The Labute approximate surface area is 187 Å². The van der Waals surface area contributed by atoms with Gasteiger partial charge in [-0.25, -0.2) is 8.78 Å². The highest BCUT2D eigenvalue weighted by atomic mass is 127. The minimum absolute atomic E-state index is 0. The fourth-order valence-electron chi connectivity index (χ4n) is 3.42. The molecule has 158 valence electrons. The molecule has 2 aromatic carbocycles. The topological polar surface area (TPSA) is 59.9 Å². The molecule has 8 heteroatoms. The third-order valence-electron chi connectivity index (χ3n) is 4.88. The van der Waals surface area contributed by atoms with Gasteiger partial charge in [-0.2, -0.15) is 0 Å². The van der Waals surface area contributed by atoms with Gasteiger partial charge in [0.25, 0.3) is 0 Å². The molecule has 1 saturated heterocycles. The van der Waals surface area contributed by atoms with Gasteiger partial charge in [0.1, 0.15) is 23.1 Å². The van der Waals surface area contributed by atoms with Crippen LogP contribution in [0, 0.1) is 11.6 Å². The van der Waals surface area contributed by atoms with Crippen molar-refractivity contribution in [3.63, 3.8) is 0 Å². The van der Waals surface area contributed by atoms with Crippen LogP contribution in [0.15, 0.2) is 47.5 Å². The number of rotatable bonds is 6. The van der Waals surface area contributed by atoms with Crippen molar-refractivity contribution in [1.82, 2.24) is 10.6 Å². The highest BCUT2D eigenvalue weighted by molar-refractivity contribution is 14.0. The van der Waals surface area contributed by atoms with E-state index in [-0.39, 0.29) is 41.5 Å². The number of para-hydroxylation sites is 1. The van der Waals surface area contributed by atoms with Crippen LogP contribution in [0.25, 0.3) is 0 Å². The van der Waals surface area contributed by atoms with Crippen LogP contribution in [-0.4, -0.2) is 43.8 Å². The number of benzene rings is 2. The minimum atomic E-state index is -0.530. The zero-order valence-electron chi connectivity index (χ0n) is 16.4. The van der Waals surface area contributed by atoms with Crippen LogP contribution in [0.5, 0.6) is 5.75 Å². The molecule has 3 rings (SSSR count). The van der Waals surface area contributed by atoms with Crippen LogP contribution < -0.4 is 15.5 Å². The molecule has 3 N–H and O–H groups in total. The summed E-state index contributed by atoms with van der Waals surface area (Å²) >= 11 is 0. The Balaban J connectivity index is 0.00000300. The second-order valence-corrected chi connectivity index (χ2v) is 6.92. The Bertz CT molecular complexity index is 797. The summed E-state index contributed by atoms with van der Waals surface area (Å²) in [5.41, 5.74) is 1.21. The lowest BCUT2D eigenvalue weighted by Gasteiger charge is -2.21. The van der Waals surface area contributed by atoms with E-state index in [1.165, 1.54) is 23.8 Å². The van der Waals surface area contributed by atoms with E-state index in [9.17, 15) is 13.9 Å². The van der Waals surface area contributed by atoms with E-state index in [2.05, 4.69) is 15.6 Å². The van der Waals surface area contributed by atoms with Crippen molar-refractivity contribution in [3.8, 4) is 5.75 Å². The molecule has 1 aliphatic rings. The molecule has 29 heavy (non-hydrogen) atoms. The van der Waals surface area contributed by atoms with Gasteiger partial charge in [0.05, 0.1) is 0 Å². The number of phenols is 1. The van der Waals surface area contributed by atoms with Crippen LogP contribution >= 0.6 is 24.0 Å². The number of guanidine groups is 1. The lowest BCUT2D eigenvalue weighted by molar-refractivity contribution is 0.475. The Morgan fingerprint density at radius 3 is 2.52 bits per heavy atom. The van der Waals surface area contributed by atoms with Gasteiger partial charge < -0.3 is 20.6 Å². The molecule has 1 unspecified atom stereocenters. The number of nitrogens with one attached hydrogen (secondary N) is 2. The molecule has 0 bridgehead atoms. The average Bonchev–Trinajstić information content (AvgIpc) is 3.13. The van der Waals surface area contributed by atoms with E-state index in [1.54, 1.807) is 24.1 Å². The molecule has 0 spiro atoms. The standard InChI is InChI=1S/C21H26F2N4O.HI/c1-24-21(25-12-3-4-15-7-9-17(28)10-8-15)26-16-11-13-27(14-16)20-18(22)5-2-6-19(20)23;/h2,5-10,16,28H,3-4,11-14H2,1H3,(H2,24,25,26);1H. The summed E-state index contributed by atoms with van der Waals surface area (Å²) < 4.78 is 27.9. The molecule has 1 atom stereocenters. The SMILES string of the molecule is CN=C(NCCCc1ccc(O)cc1)NC1CCN(c2c(F)cccc2F)C1.I. The number of nitrogens with zero attached hydrogens (tertiary/aromatic N) is 2. The maximum atomic E-state index is 14.0. The van der Waals surface area contributed by atoms with E-state index in [0.717, 1.165) is 25.8 Å². The van der Waals surface area contributed by atoms with Crippen LogP contribution in [0.3, 0.4) is 0 Å². The predicted octanol–water partition coefficient (Wildman–Crippen LogP) is 3.66. The number of phenolic OH excluding ortho intramolecular Hbond substituents is 1. The Hall–Kier alpha value is -2.10. The summed E-state index contributed by atoms with van der Waals surface area (Å²) in [7, 11) is 1.71. The highest BCUT2D eigenvalue weighted by Gasteiger charge is 2.27. The van der Waals surface area contributed by atoms with Gasteiger partial charge in [-0.1, -0.05) is 18.2 Å². The van der Waals surface area contributed by atoms with Crippen molar-refractivity contribution in [2.75, 3.05) is 31.6 Å². The predicted molar refractivity (Wildman–Crippen MR) is 123 cm³/mol. The van der Waals surface area contributed by atoms with Gasteiger partial charge in [0.2, 0.25) is 0 Å². The van der Waals surface area contributed by atoms with Gasteiger partial charge >= 0.3 is 0 Å². The molecule has 0 aliphatic carbocycles. The molecule has 0 amide bonds. The van der Waals surface area contributed by atoms with Crippen LogP contribution in [0.2, 0.25) is 0 Å². The van der Waals surface area contributed by atoms with Crippen LogP contribution in [0.4, 0.5) is 14.5 Å². The van der Waals surface area contributed by atoms with Crippen molar-refractivity contribution in [2.24, 2.45) is 4.99 Å². The fourth-order valence-corrected chi connectivity index (χ4v) is 3.42. The summed E-state index contributed by atoms with van der Waals surface area (Å²) in [5.74, 6) is -0.103. The lowest BCUT2D eigenvalue weighted by atomic mass is 10.1. The van der Waals surface area contributed by atoms with E-state index in [4.69, 9.17) is 0 Å². The molecule has 2 aromatic rings. The van der Waals surface area contributed by atoms with E-state index < -0.39 is 11.6 Å². The van der Waals surface area contributed by atoms with E-state index in [1.807, 2.05) is 12.1 Å². The van der Waals surface area contributed by atoms with Crippen molar-refractivity contribution in [2.45, 2.75) is 25.3 Å². The zero-order valence-corrected chi connectivity index (χ0v) is 18.7. The fraction of sp³-hybridized carbons (Fsp3) is 0.381. The summed E-state index contributed by atoms with van der Waals surface area (Å²) in [5, 5.41) is 15.9. The van der Waals surface area contributed by atoms with Crippen molar-refractivity contribution in [1.29, 1.82) is 0 Å². The third kappa shape index (κ3) is 6.45. The lowest BCUT2D eigenvalue weighted by Crippen LogP contribution is -2.45. The number of aryl methyl sites for hydroxylation is 1. The zero-order chi connectivity index (χ0) is 19.9. The summed E-state index contributed by atoms with van der Waals surface area (Å²) in [6, 6.07) is 11.2. The molecule has 5 nitrogen and oxygen atoms in total. The summed E-state index contributed by atoms with van der Waals surface area (Å²) in [6.07, 6.45) is 2.60. The molecular formula is C21H27F2IN4O. The van der Waals surface area contributed by atoms with Crippen molar-refractivity contribution >= 4 is 35.6 Å². The molecule has 1 aliphatic heterocycles. The first-order valence-corrected chi connectivity index (χ1v) is 9.51. The molecule has 0 aromatic heterocycles. The van der Waals surface area contributed by atoms with Gasteiger partial charge in [0.15, 0.2) is 5.96 Å². The second kappa shape index (κ2) is 11.2. The van der Waals surface area contributed by atoms with Gasteiger partial charge in [-0.05, 0) is 49.1 Å². The smallest absolute Gasteiger partial charge is 0.191 e. The van der Waals surface area contributed by atoms with Gasteiger partial charge in [-0.3, -0.25) is 4.99 Å². The average molecular weight is 516 g/mol. The van der Waals surface area contributed by atoms with E-state index >= 15 is 0 Å². The summed E-state index contributed by atoms with van der Waals surface area (Å²) in [6.45, 7) is 1.86. The first kappa shape index (κ1) is 23.2. The first-order valence-electron chi connectivity index (χ1n) is 9.51. The summed E-state index contributed by atoms with van der Waals surface area (Å²) in [4.78, 5) is 5.97. The normalized spacial score (nSPS) is 16.4. The Kier molecular flexibility index (Phi) is 8.94. The van der Waals surface area contributed by atoms with Gasteiger partial charge in [0, 0.05) is 32.7 Å². The Morgan fingerprint density at radius 1 is 1.17 bits per heavy atom. The highest BCUT2D eigenvalue weighted by Crippen LogP contribution is 2.26. The van der Waals surface area contributed by atoms with Crippen LogP contribution in [-0.2, 0) is 6.42 Å². The van der Waals surface area contributed by atoms with Gasteiger partial charge in [-0.15, -0.1) is 24.0 Å². The number of aliphatic imine (C=N–C) groups is 1. The number of hydrogen-bond donors (Lipinski definition) is 3. The van der Waals surface area contributed by atoms with Crippen molar-refractivity contribution < 1.29 is 13.9 Å². The molecular weight excluding hydrogens is 489 g/mol. The largest absolute Gasteiger partial charge is 0.508 e. The minimum Gasteiger partial charge on any atom is -0.508 e. The second-order valence-electron chi connectivity index (χ2n) is 6.92. The number of aromatic hydroxyl groups is 1. The maximum absolute atomic E-state index is 14.0. The number of halogens is 3. The Morgan fingerprint density at radius 2 is 1.86 bits per heavy atom.